The lowest BCUT2D eigenvalue weighted by atomic mass is 10.3. The summed E-state index contributed by atoms with van der Waals surface area (Å²) in [5.41, 5.74) is 6.68. The van der Waals surface area contributed by atoms with E-state index >= 15 is 0 Å². The number of sulfonamides is 1. The van der Waals surface area contributed by atoms with Crippen LogP contribution in [0.15, 0.2) is 41.4 Å². The summed E-state index contributed by atoms with van der Waals surface area (Å²) in [6.45, 7) is 4.86. The van der Waals surface area contributed by atoms with Crippen LogP contribution in [-0.4, -0.2) is 44.8 Å². The fraction of sp³-hybridized carbons (Fsp3) is 0.333. The van der Waals surface area contributed by atoms with E-state index in [1.807, 2.05) is 0 Å². The summed E-state index contributed by atoms with van der Waals surface area (Å²) in [5.74, 6) is 0.0480. The van der Waals surface area contributed by atoms with Crippen molar-refractivity contribution in [2.24, 2.45) is 0 Å². The zero-order chi connectivity index (χ0) is 17.4. The SMILES string of the molecule is C1COCCO1.Cc1ccnc(NS(=O)(=O)c2ccc(N)cc2)n1. The van der Waals surface area contributed by atoms with E-state index in [4.69, 9.17) is 15.2 Å². The monoisotopic (exact) mass is 352 g/mol. The minimum atomic E-state index is -3.68. The number of nitrogen functional groups attached to an aromatic ring is 1. The van der Waals surface area contributed by atoms with Gasteiger partial charge in [0.05, 0.1) is 31.3 Å². The molecule has 0 unspecified atom stereocenters. The third-order valence-corrected chi connectivity index (χ3v) is 4.30. The number of nitrogens with two attached hydrogens (primary N) is 1. The molecule has 0 saturated carbocycles. The quantitative estimate of drug-likeness (QED) is 0.797. The summed E-state index contributed by atoms with van der Waals surface area (Å²) < 4.78 is 36.2. The predicted octanol–water partition coefficient (Wildman–Crippen LogP) is 1.20. The normalized spacial score (nSPS) is 14.4. The van der Waals surface area contributed by atoms with Crippen LogP contribution in [0.1, 0.15) is 5.69 Å². The molecule has 1 aliphatic rings. The molecule has 130 valence electrons. The van der Waals surface area contributed by atoms with E-state index in [1.165, 1.54) is 30.5 Å². The maximum absolute atomic E-state index is 12.0. The van der Waals surface area contributed by atoms with Crippen LogP contribution in [0.3, 0.4) is 0 Å². The van der Waals surface area contributed by atoms with E-state index in [2.05, 4.69) is 14.7 Å². The lowest BCUT2D eigenvalue weighted by Crippen LogP contribution is -2.16. The van der Waals surface area contributed by atoms with Crippen molar-refractivity contribution in [3.05, 3.63) is 42.2 Å². The van der Waals surface area contributed by atoms with Gasteiger partial charge in [-0.25, -0.2) is 23.1 Å². The average molecular weight is 352 g/mol. The standard InChI is InChI=1S/C11H12N4O2S.C4H8O2/c1-8-6-7-13-11(14-8)15-18(16,17)10-4-2-9(12)3-5-10;1-2-6-4-3-5-1/h2-7H,12H2,1H3,(H,13,14,15);1-4H2. The van der Waals surface area contributed by atoms with Crippen molar-refractivity contribution < 1.29 is 17.9 Å². The van der Waals surface area contributed by atoms with Crippen molar-refractivity contribution in [3.8, 4) is 0 Å². The lowest BCUT2D eigenvalue weighted by Gasteiger charge is -2.09. The molecule has 3 rings (SSSR count). The van der Waals surface area contributed by atoms with Gasteiger partial charge in [0.2, 0.25) is 5.95 Å². The zero-order valence-electron chi connectivity index (χ0n) is 13.3. The van der Waals surface area contributed by atoms with Crippen LogP contribution in [0, 0.1) is 6.92 Å². The third kappa shape index (κ3) is 5.76. The Labute approximate surface area is 141 Å². The first-order valence-electron chi connectivity index (χ1n) is 7.31. The molecule has 1 aromatic carbocycles. The van der Waals surface area contributed by atoms with E-state index in [0.717, 1.165) is 26.4 Å². The van der Waals surface area contributed by atoms with Crippen LogP contribution in [0.2, 0.25) is 0 Å². The van der Waals surface area contributed by atoms with Crippen molar-refractivity contribution in [1.29, 1.82) is 0 Å². The highest BCUT2D eigenvalue weighted by Gasteiger charge is 2.15. The maximum atomic E-state index is 12.0. The Balaban J connectivity index is 0.000000292. The van der Waals surface area contributed by atoms with E-state index in [9.17, 15) is 8.42 Å². The molecular formula is C15H20N4O4S. The van der Waals surface area contributed by atoms with Crippen LogP contribution in [0.25, 0.3) is 0 Å². The first-order chi connectivity index (χ1) is 11.5. The molecule has 1 aliphatic heterocycles. The second-order valence-electron chi connectivity index (χ2n) is 4.92. The second kappa shape index (κ2) is 8.57. The highest BCUT2D eigenvalue weighted by Crippen LogP contribution is 2.14. The number of nitrogens with zero attached hydrogens (tertiary/aromatic N) is 2. The molecule has 0 bridgehead atoms. The van der Waals surface area contributed by atoms with Crippen molar-refractivity contribution in [2.75, 3.05) is 36.9 Å². The highest BCUT2D eigenvalue weighted by atomic mass is 32.2. The molecule has 1 saturated heterocycles. The summed E-state index contributed by atoms with van der Waals surface area (Å²) in [4.78, 5) is 7.93. The zero-order valence-corrected chi connectivity index (χ0v) is 14.1. The molecule has 0 amide bonds. The molecule has 1 aromatic heterocycles. The Bertz CT molecular complexity index is 735. The van der Waals surface area contributed by atoms with E-state index in [0.29, 0.717) is 11.4 Å². The van der Waals surface area contributed by atoms with Gasteiger partial charge in [-0.05, 0) is 37.3 Å². The van der Waals surface area contributed by atoms with Gasteiger partial charge >= 0.3 is 0 Å². The summed E-state index contributed by atoms with van der Waals surface area (Å²) in [6, 6.07) is 7.57. The number of rotatable bonds is 3. The Kier molecular flexibility index (Phi) is 6.47. The van der Waals surface area contributed by atoms with Gasteiger partial charge in [0, 0.05) is 17.6 Å². The second-order valence-corrected chi connectivity index (χ2v) is 6.60. The number of hydrogen-bond donors (Lipinski definition) is 2. The summed E-state index contributed by atoms with van der Waals surface area (Å²) >= 11 is 0. The van der Waals surface area contributed by atoms with Gasteiger partial charge in [-0.3, -0.25) is 0 Å². The summed E-state index contributed by atoms with van der Waals surface area (Å²) in [5, 5.41) is 0. The number of nitrogens with one attached hydrogen (secondary N) is 1. The molecule has 0 aliphatic carbocycles. The van der Waals surface area contributed by atoms with Crippen LogP contribution in [0.4, 0.5) is 11.6 Å². The van der Waals surface area contributed by atoms with E-state index in [1.54, 1.807) is 13.0 Å². The molecule has 0 spiro atoms. The Morgan fingerprint density at radius 1 is 1.04 bits per heavy atom. The fourth-order valence-corrected chi connectivity index (χ4v) is 2.71. The molecule has 0 atom stereocenters. The average Bonchev–Trinajstić information content (AvgIpc) is 2.57. The van der Waals surface area contributed by atoms with Gasteiger partial charge in [-0.1, -0.05) is 0 Å². The summed E-state index contributed by atoms with van der Waals surface area (Å²) in [7, 11) is -3.68. The topological polar surface area (TPSA) is 116 Å². The minimum Gasteiger partial charge on any atom is -0.399 e. The molecular weight excluding hydrogens is 332 g/mol. The number of anilines is 2. The fourth-order valence-electron chi connectivity index (χ4n) is 1.76. The minimum absolute atomic E-state index is 0.0480. The molecule has 2 aromatic rings. The lowest BCUT2D eigenvalue weighted by molar-refractivity contribution is -0.0334. The summed E-state index contributed by atoms with van der Waals surface area (Å²) in [6.07, 6.45) is 1.49. The molecule has 2 heterocycles. The molecule has 9 heteroatoms. The Morgan fingerprint density at radius 2 is 1.62 bits per heavy atom. The van der Waals surface area contributed by atoms with Gasteiger partial charge in [0.1, 0.15) is 0 Å². The van der Waals surface area contributed by atoms with Crippen LogP contribution in [0.5, 0.6) is 0 Å². The van der Waals surface area contributed by atoms with Crippen LogP contribution in [-0.2, 0) is 19.5 Å². The first kappa shape index (κ1) is 18.1. The molecule has 1 fully saturated rings. The predicted molar refractivity (Wildman–Crippen MR) is 90.1 cm³/mol. The number of aryl methyl sites for hydroxylation is 1. The third-order valence-electron chi connectivity index (χ3n) is 2.95. The van der Waals surface area contributed by atoms with Crippen molar-refractivity contribution in [1.82, 2.24) is 9.97 Å². The Hall–Kier alpha value is -2.23. The number of ether oxygens (including phenoxy) is 2. The van der Waals surface area contributed by atoms with Crippen molar-refractivity contribution in [2.45, 2.75) is 11.8 Å². The first-order valence-corrected chi connectivity index (χ1v) is 8.79. The largest absolute Gasteiger partial charge is 0.399 e. The van der Waals surface area contributed by atoms with Crippen LogP contribution >= 0.6 is 0 Å². The maximum Gasteiger partial charge on any atom is 0.264 e. The smallest absolute Gasteiger partial charge is 0.264 e. The van der Waals surface area contributed by atoms with Gasteiger partial charge < -0.3 is 15.2 Å². The van der Waals surface area contributed by atoms with Gasteiger partial charge in [0.25, 0.3) is 10.0 Å². The van der Waals surface area contributed by atoms with Crippen molar-refractivity contribution >= 4 is 21.7 Å². The van der Waals surface area contributed by atoms with Gasteiger partial charge in [0.15, 0.2) is 0 Å². The number of hydrogen-bond acceptors (Lipinski definition) is 7. The number of aromatic nitrogens is 2. The van der Waals surface area contributed by atoms with E-state index < -0.39 is 10.0 Å². The molecule has 3 N–H and O–H groups in total. The Morgan fingerprint density at radius 3 is 2.12 bits per heavy atom. The molecule has 0 radical (unpaired) electrons. The molecule has 24 heavy (non-hydrogen) atoms. The van der Waals surface area contributed by atoms with E-state index in [-0.39, 0.29) is 10.8 Å². The number of benzene rings is 1. The highest BCUT2D eigenvalue weighted by molar-refractivity contribution is 7.92. The molecule has 8 nitrogen and oxygen atoms in total. The van der Waals surface area contributed by atoms with Gasteiger partial charge in [-0.2, -0.15) is 0 Å². The van der Waals surface area contributed by atoms with Gasteiger partial charge in [-0.15, -0.1) is 0 Å². The van der Waals surface area contributed by atoms with Crippen molar-refractivity contribution in [3.63, 3.8) is 0 Å². The van der Waals surface area contributed by atoms with Crippen LogP contribution < -0.4 is 10.5 Å².